The highest BCUT2D eigenvalue weighted by atomic mass is 16.5. The number of nitrogens with zero attached hydrogens (tertiary/aromatic N) is 3. The molecule has 0 heterocycles. The van der Waals surface area contributed by atoms with Crippen LogP contribution in [0.1, 0.15) is 27.0 Å². The first kappa shape index (κ1) is 28.3. The number of carbonyl (C=O) groups is 1. The molecular formula is C32H41N3O2. The summed E-state index contributed by atoms with van der Waals surface area (Å²) in [6.07, 6.45) is 3.57. The molecule has 37 heavy (non-hydrogen) atoms. The third-order valence-electron chi connectivity index (χ3n) is 6.33. The average Bonchev–Trinajstić information content (AvgIpc) is 2.87. The largest absolute Gasteiger partial charge is 0.492 e. The molecule has 3 rings (SSSR count). The van der Waals surface area contributed by atoms with E-state index in [0.29, 0.717) is 6.61 Å². The Bertz CT molecular complexity index is 1200. The Labute approximate surface area is 223 Å². The van der Waals surface area contributed by atoms with Gasteiger partial charge in [0.25, 0.3) is 0 Å². The third kappa shape index (κ3) is 8.67. The number of ether oxygens (including phenoxy) is 1. The van der Waals surface area contributed by atoms with Gasteiger partial charge >= 0.3 is 0 Å². The molecule has 3 aromatic rings. The molecule has 3 aromatic carbocycles. The topological polar surface area (TPSA) is 36.0 Å². The van der Waals surface area contributed by atoms with E-state index in [1.807, 2.05) is 56.6 Å². The predicted molar refractivity (Wildman–Crippen MR) is 155 cm³/mol. The second-order valence-corrected chi connectivity index (χ2v) is 10.1. The summed E-state index contributed by atoms with van der Waals surface area (Å²) in [5.74, 6) is 0.775. The van der Waals surface area contributed by atoms with Gasteiger partial charge in [-0.15, -0.1) is 0 Å². The molecule has 0 aliphatic carbocycles. The summed E-state index contributed by atoms with van der Waals surface area (Å²) in [7, 11) is 10.3. The first-order valence-corrected chi connectivity index (χ1v) is 12.9. The van der Waals surface area contributed by atoms with Gasteiger partial charge in [-0.25, -0.2) is 0 Å². The van der Waals surface area contributed by atoms with Crippen molar-refractivity contribution in [2.45, 2.75) is 13.5 Å². The van der Waals surface area contributed by atoms with Gasteiger partial charge in [0.1, 0.15) is 12.4 Å². The molecule has 0 aromatic heterocycles. The molecule has 0 unspecified atom stereocenters. The highest BCUT2D eigenvalue weighted by Gasteiger charge is 2.12. The van der Waals surface area contributed by atoms with Crippen molar-refractivity contribution in [3.8, 4) is 16.9 Å². The van der Waals surface area contributed by atoms with Crippen LogP contribution in [0.3, 0.4) is 0 Å². The summed E-state index contributed by atoms with van der Waals surface area (Å²) >= 11 is 0. The number of benzene rings is 3. The minimum Gasteiger partial charge on any atom is -0.492 e. The van der Waals surface area contributed by atoms with Gasteiger partial charge in [0.15, 0.2) is 5.78 Å². The lowest BCUT2D eigenvalue weighted by Gasteiger charge is -2.20. The molecule has 0 atom stereocenters. The second kappa shape index (κ2) is 13.9. The molecule has 5 nitrogen and oxygen atoms in total. The van der Waals surface area contributed by atoms with Crippen molar-refractivity contribution in [2.75, 3.05) is 61.5 Å². The quantitative estimate of drug-likeness (QED) is 0.230. The van der Waals surface area contributed by atoms with Crippen LogP contribution in [-0.4, -0.2) is 82.0 Å². The molecule has 0 saturated heterocycles. The van der Waals surface area contributed by atoms with E-state index in [4.69, 9.17) is 4.74 Å². The molecule has 196 valence electrons. The van der Waals surface area contributed by atoms with Gasteiger partial charge in [-0.1, -0.05) is 54.6 Å². The van der Waals surface area contributed by atoms with Crippen LogP contribution in [0.5, 0.6) is 5.75 Å². The Morgan fingerprint density at radius 3 is 2.27 bits per heavy atom. The van der Waals surface area contributed by atoms with Crippen LogP contribution in [0.2, 0.25) is 0 Å². The number of rotatable bonds is 13. The van der Waals surface area contributed by atoms with Crippen LogP contribution in [0, 0.1) is 6.92 Å². The summed E-state index contributed by atoms with van der Waals surface area (Å²) in [6.45, 7) is 6.14. The molecule has 0 aliphatic heterocycles. The van der Waals surface area contributed by atoms with Crippen LogP contribution in [0.25, 0.3) is 17.2 Å². The Morgan fingerprint density at radius 2 is 1.54 bits per heavy atom. The third-order valence-corrected chi connectivity index (χ3v) is 6.33. The van der Waals surface area contributed by atoms with Gasteiger partial charge in [0.2, 0.25) is 0 Å². The number of aryl methyl sites for hydroxylation is 1. The summed E-state index contributed by atoms with van der Waals surface area (Å²) < 4.78 is 6.11. The summed E-state index contributed by atoms with van der Waals surface area (Å²) in [6, 6.07) is 22.4. The molecule has 0 radical (unpaired) electrons. The number of ketones is 1. The zero-order valence-corrected chi connectivity index (χ0v) is 23.2. The predicted octanol–water partition coefficient (Wildman–Crippen LogP) is 5.49. The first-order chi connectivity index (χ1) is 17.7. The molecule has 0 spiro atoms. The Morgan fingerprint density at radius 1 is 0.838 bits per heavy atom. The Balaban J connectivity index is 1.87. The zero-order valence-electron chi connectivity index (χ0n) is 23.2. The fourth-order valence-electron chi connectivity index (χ4n) is 4.11. The number of allylic oxidation sites excluding steroid dienone is 1. The van der Waals surface area contributed by atoms with Gasteiger partial charge in [-0.2, -0.15) is 0 Å². The fraction of sp³-hybridized carbons (Fsp3) is 0.344. The normalized spacial score (nSPS) is 11.7. The van der Waals surface area contributed by atoms with E-state index in [1.165, 1.54) is 11.1 Å². The smallest absolute Gasteiger partial charge is 0.186 e. The molecule has 5 heteroatoms. The van der Waals surface area contributed by atoms with Gasteiger partial charge < -0.3 is 19.4 Å². The Kier molecular flexibility index (Phi) is 10.6. The van der Waals surface area contributed by atoms with E-state index in [1.54, 1.807) is 6.08 Å². The van der Waals surface area contributed by atoms with Gasteiger partial charge in [-0.05, 0) is 88.7 Å². The summed E-state index contributed by atoms with van der Waals surface area (Å²) in [5, 5.41) is 0. The maximum Gasteiger partial charge on any atom is 0.186 e. The second-order valence-electron chi connectivity index (χ2n) is 10.1. The monoisotopic (exact) mass is 499 g/mol. The van der Waals surface area contributed by atoms with E-state index in [2.05, 4.69) is 73.1 Å². The highest BCUT2D eigenvalue weighted by Crippen LogP contribution is 2.30. The number of hydrogen-bond acceptors (Lipinski definition) is 5. The lowest BCUT2D eigenvalue weighted by Crippen LogP contribution is -2.28. The molecule has 0 N–H and O–H groups in total. The number of hydrogen-bond donors (Lipinski definition) is 0. The van der Waals surface area contributed by atoms with Crippen molar-refractivity contribution in [2.24, 2.45) is 0 Å². The maximum atomic E-state index is 13.3. The fourth-order valence-corrected chi connectivity index (χ4v) is 4.11. The van der Waals surface area contributed by atoms with Crippen LogP contribution in [-0.2, 0) is 6.54 Å². The number of likely N-dealkylation sites (N-methyl/N-ethyl adjacent to an activating group) is 3. The van der Waals surface area contributed by atoms with Gasteiger partial charge in [-0.3, -0.25) is 4.79 Å². The van der Waals surface area contributed by atoms with E-state index >= 15 is 0 Å². The van der Waals surface area contributed by atoms with Crippen molar-refractivity contribution >= 4 is 11.9 Å². The van der Waals surface area contributed by atoms with E-state index in [-0.39, 0.29) is 5.78 Å². The van der Waals surface area contributed by atoms with Crippen molar-refractivity contribution < 1.29 is 9.53 Å². The van der Waals surface area contributed by atoms with Crippen LogP contribution >= 0.6 is 0 Å². The summed E-state index contributed by atoms with van der Waals surface area (Å²) in [5.41, 5.74) is 6.16. The van der Waals surface area contributed by atoms with Gasteiger partial charge in [0.05, 0.1) is 0 Å². The van der Waals surface area contributed by atoms with E-state index in [0.717, 1.165) is 54.2 Å². The van der Waals surface area contributed by atoms with Crippen molar-refractivity contribution in [3.05, 3.63) is 95.1 Å². The van der Waals surface area contributed by atoms with E-state index in [9.17, 15) is 4.79 Å². The Hall–Kier alpha value is -3.25. The van der Waals surface area contributed by atoms with Gasteiger partial charge in [0, 0.05) is 37.3 Å². The van der Waals surface area contributed by atoms with Crippen LogP contribution < -0.4 is 4.74 Å². The minimum absolute atomic E-state index is 0.00264. The number of carbonyl (C=O) groups excluding carboxylic acids is 1. The molecular weight excluding hydrogens is 458 g/mol. The molecule has 0 bridgehead atoms. The standard InChI is InChI=1S/C32H41N3O2/c1-25-11-7-9-13-29(25)26-16-18-32(37-22-21-34(4)5)27(23-26)15-17-31(36)30-14-10-8-12-28(30)24-35(6)20-19-33(2)3/h7-18,23H,19-22,24H2,1-6H3. The lowest BCUT2D eigenvalue weighted by atomic mass is 9.97. The van der Waals surface area contributed by atoms with Crippen molar-refractivity contribution in [3.63, 3.8) is 0 Å². The van der Waals surface area contributed by atoms with E-state index < -0.39 is 0 Å². The van der Waals surface area contributed by atoms with Crippen LogP contribution in [0.4, 0.5) is 0 Å². The maximum absolute atomic E-state index is 13.3. The summed E-state index contributed by atoms with van der Waals surface area (Å²) in [4.78, 5) is 19.9. The van der Waals surface area contributed by atoms with Crippen LogP contribution in [0.15, 0.2) is 72.8 Å². The average molecular weight is 500 g/mol. The lowest BCUT2D eigenvalue weighted by molar-refractivity contribution is 0.104. The molecule has 0 amide bonds. The zero-order chi connectivity index (χ0) is 26.8. The minimum atomic E-state index is -0.00264. The molecule has 0 aliphatic rings. The van der Waals surface area contributed by atoms with Crippen molar-refractivity contribution in [1.82, 2.24) is 14.7 Å². The van der Waals surface area contributed by atoms with Crippen molar-refractivity contribution in [1.29, 1.82) is 0 Å². The molecule has 0 saturated carbocycles. The highest BCUT2D eigenvalue weighted by molar-refractivity contribution is 6.08. The SMILES string of the molecule is Cc1ccccc1-c1ccc(OCCN(C)C)c(C=CC(=O)c2ccccc2CN(C)CCN(C)C)c1. The molecule has 0 fully saturated rings. The first-order valence-electron chi connectivity index (χ1n) is 12.9.